The minimum Gasteiger partial charge on any atom is -0.0616 e. The van der Waals surface area contributed by atoms with Crippen LogP contribution in [0.25, 0.3) is 142 Å². The zero-order valence-electron chi connectivity index (χ0n) is 38.4. The lowest BCUT2D eigenvalue weighted by atomic mass is 9.84. The van der Waals surface area contributed by atoms with Crippen molar-refractivity contribution in [3.63, 3.8) is 0 Å². The zero-order valence-corrected chi connectivity index (χ0v) is 38.4. The van der Waals surface area contributed by atoms with Crippen molar-refractivity contribution in [2.24, 2.45) is 0 Å². The highest BCUT2D eigenvalue weighted by Crippen LogP contribution is 2.48. The highest BCUT2D eigenvalue weighted by Gasteiger charge is 2.21. The molecule has 0 heterocycles. The van der Waals surface area contributed by atoms with Gasteiger partial charge in [0.25, 0.3) is 0 Å². The van der Waals surface area contributed by atoms with Crippen LogP contribution in [0.2, 0.25) is 0 Å². The highest BCUT2D eigenvalue weighted by atomic mass is 14.2. The van der Waals surface area contributed by atoms with E-state index >= 15 is 0 Å². The van der Waals surface area contributed by atoms with Crippen molar-refractivity contribution >= 4 is 75.4 Å². The van der Waals surface area contributed by atoms with Crippen molar-refractivity contribution in [1.29, 1.82) is 0 Å². The molecular formula is C70H44. The predicted octanol–water partition coefficient (Wildman–Crippen LogP) is 19.8. The molecule has 0 saturated carbocycles. The van der Waals surface area contributed by atoms with E-state index in [1.165, 1.54) is 142 Å². The van der Waals surface area contributed by atoms with E-state index in [0.717, 1.165) is 0 Å². The average Bonchev–Trinajstić information content (AvgIpc) is 3.43. The number of benzene rings is 14. The molecule has 0 fully saturated rings. The van der Waals surface area contributed by atoms with Crippen LogP contribution in [0.15, 0.2) is 267 Å². The van der Waals surface area contributed by atoms with Crippen molar-refractivity contribution < 1.29 is 0 Å². The summed E-state index contributed by atoms with van der Waals surface area (Å²) in [6.07, 6.45) is 0. The second-order valence-corrected chi connectivity index (χ2v) is 18.6. The second kappa shape index (κ2) is 16.3. The minimum absolute atomic E-state index is 1.19. The summed E-state index contributed by atoms with van der Waals surface area (Å²) in [5, 5.41) is 17.6. The molecule has 0 aliphatic rings. The van der Waals surface area contributed by atoms with Crippen molar-refractivity contribution in [2.45, 2.75) is 0 Å². The van der Waals surface area contributed by atoms with Crippen LogP contribution in [0.5, 0.6) is 0 Å². The van der Waals surface area contributed by atoms with Gasteiger partial charge in [-0.1, -0.05) is 261 Å². The molecule has 70 heavy (non-hydrogen) atoms. The van der Waals surface area contributed by atoms with E-state index in [4.69, 9.17) is 0 Å². The Balaban J connectivity index is 0.911. The monoisotopic (exact) mass is 884 g/mol. The number of rotatable bonds is 6. The molecule has 0 nitrogen and oxygen atoms in total. The standard InChI is InChI=1S/C70H44/c1-3-26-52-45(18-1)20-14-38-56(52)69-62-32-9-5-28-58(62)67(59-29-6-10-33-63(59)69)49-42-40-47(41-43-49)54-36-16-22-48-23-17-37-55(66(48)54)50-24-13-25-51(44-50)68-60-30-7-11-34-64(60)70(65-35-12-8-31-61(65)68)57-39-15-21-46-19-2-4-27-53(46)57/h1-44H. The molecular weight excluding hydrogens is 841 g/mol. The van der Waals surface area contributed by atoms with Gasteiger partial charge in [-0.25, -0.2) is 0 Å². The summed E-state index contributed by atoms with van der Waals surface area (Å²) < 4.78 is 0. The van der Waals surface area contributed by atoms with E-state index in [-0.39, 0.29) is 0 Å². The molecule has 0 bridgehead atoms. The van der Waals surface area contributed by atoms with Gasteiger partial charge >= 0.3 is 0 Å². The molecule has 0 atom stereocenters. The van der Waals surface area contributed by atoms with Crippen molar-refractivity contribution in [2.75, 3.05) is 0 Å². The van der Waals surface area contributed by atoms with Gasteiger partial charge in [-0.3, -0.25) is 0 Å². The topological polar surface area (TPSA) is 0 Å². The lowest BCUT2D eigenvalue weighted by Gasteiger charge is -2.19. The van der Waals surface area contributed by atoms with E-state index in [1.54, 1.807) is 0 Å². The fraction of sp³-hybridized carbons (Fsp3) is 0. The zero-order chi connectivity index (χ0) is 46.1. The SMILES string of the molecule is c1cc(-c2c3ccccc3c(-c3cccc4ccccc34)c3ccccc23)cc(-c2cccc3cccc(-c4ccc(-c5c6ccccc6c(-c6cccc7ccccc67)c6ccccc56)cc4)c23)c1. The van der Waals surface area contributed by atoms with Gasteiger partial charge in [0.15, 0.2) is 0 Å². The Kier molecular flexibility index (Phi) is 9.32. The van der Waals surface area contributed by atoms with E-state index < -0.39 is 0 Å². The molecule has 14 aromatic carbocycles. The van der Waals surface area contributed by atoms with Crippen molar-refractivity contribution in [1.82, 2.24) is 0 Å². The quantitative estimate of drug-likeness (QED) is 0.146. The van der Waals surface area contributed by atoms with Crippen LogP contribution in [-0.4, -0.2) is 0 Å². The third kappa shape index (κ3) is 6.31. The van der Waals surface area contributed by atoms with Crippen molar-refractivity contribution in [3.8, 4) is 66.8 Å². The summed E-state index contributed by atoms with van der Waals surface area (Å²) in [5.74, 6) is 0. The molecule has 0 saturated heterocycles. The summed E-state index contributed by atoms with van der Waals surface area (Å²) >= 11 is 0. The Hall–Kier alpha value is -9.10. The van der Waals surface area contributed by atoms with Gasteiger partial charge in [0.2, 0.25) is 0 Å². The van der Waals surface area contributed by atoms with Crippen LogP contribution >= 0.6 is 0 Å². The van der Waals surface area contributed by atoms with Gasteiger partial charge in [0.1, 0.15) is 0 Å². The minimum atomic E-state index is 1.19. The number of hydrogen-bond acceptors (Lipinski definition) is 0. The fourth-order valence-electron chi connectivity index (χ4n) is 11.8. The first-order valence-electron chi connectivity index (χ1n) is 24.3. The maximum Gasteiger partial charge on any atom is -0.00201 e. The van der Waals surface area contributed by atoms with Gasteiger partial charge in [0.05, 0.1) is 0 Å². The largest absolute Gasteiger partial charge is 0.0616 e. The molecule has 14 aromatic rings. The van der Waals surface area contributed by atoms with Gasteiger partial charge in [-0.15, -0.1) is 0 Å². The second-order valence-electron chi connectivity index (χ2n) is 18.6. The highest BCUT2D eigenvalue weighted by molar-refractivity contribution is 6.25. The molecule has 0 N–H and O–H groups in total. The number of fused-ring (bicyclic) bond motifs is 7. The van der Waals surface area contributed by atoms with Gasteiger partial charge in [-0.2, -0.15) is 0 Å². The van der Waals surface area contributed by atoms with Gasteiger partial charge in [-0.05, 0) is 148 Å². The maximum absolute atomic E-state index is 2.42. The smallest absolute Gasteiger partial charge is 0.00201 e. The van der Waals surface area contributed by atoms with Crippen LogP contribution in [0, 0.1) is 0 Å². The van der Waals surface area contributed by atoms with Crippen LogP contribution in [-0.2, 0) is 0 Å². The Morgan fingerprint density at radius 3 is 0.914 bits per heavy atom. The van der Waals surface area contributed by atoms with E-state index in [2.05, 4.69) is 267 Å². The molecule has 14 rings (SSSR count). The Morgan fingerprint density at radius 2 is 0.457 bits per heavy atom. The summed E-state index contributed by atoms with van der Waals surface area (Å²) in [6.45, 7) is 0. The Morgan fingerprint density at radius 1 is 0.157 bits per heavy atom. The normalized spacial score (nSPS) is 11.7. The molecule has 0 unspecified atom stereocenters. The molecule has 0 amide bonds. The lowest BCUT2D eigenvalue weighted by molar-refractivity contribution is 1.61. The van der Waals surface area contributed by atoms with E-state index in [0.29, 0.717) is 0 Å². The molecule has 0 radical (unpaired) electrons. The third-order valence-corrected chi connectivity index (χ3v) is 14.8. The number of hydrogen-bond donors (Lipinski definition) is 0. The maximum atomic E-state index is 2.42. The lowest BCUT2D eigenvalue weighted by Crippen LogP contribution is -1.92. The first kappa shape index (κ1) is 40.0. The summed E-state index contributed by atoms with van der Waals surface area (Å²) in [5.41, 5.74) is 14.9. The first-order chi connectivity index (χ1) is 34.8. The van der Waals surface area contributed by atoms with Crippen LogP contribution in [0.1, 0.15) is 0 Å². The molecule has 0 heteroatoms. The van der Waals surface area contributed by atoms with Crippen LogP contribution < -0.4 is 0 Å². The summed E-state index contributed by atoms with van der Waals surface area (Å²) in [6, 6.07) is 98.9. The molecule has 0 aliphatic carbocycles. The van der Waals surface area contributed by atoms with Crippen LogP contribution in [0.4, 0.5) is 0 Å². The fourth-order valence-corrected chi connectivity index (χ4v) is 11.8. The van der Waals surface area contributed by atoms with Crippen LogP contribution in [0.3, 0.4) is 0 Å². The Bertz CT molecular complexity index is 4270. The van der Waals surface area contributed by atoms with Gasteiger partial charge < -0.3 is 0 Å². The van der Waals surface area contributed by atoms with E-state index in [9.17, 15) is 0 Å². The molecule has 0 aromatic heterocycles. The van der Waals surface area contributed by atoms with Crippen molar-refractivity contribution in [3.05, 3.63) is 267 Å². The average molecular weight is 885 g/mol. The predicted molar refractivity (Wildman–Crippen MR) is 302 cm³/mol. The third-order valence-electron chi connectivity index (χ3n) is 14.8. The first-order valence-corrected chi connectivity index (χ1v) is 24.3. The summed E-state index contributed by atoms with van der Waals surface area (Å²) in [7, 11) is 0. The molecule has 324 valence electrons. The van der Waals surface area contributed by atoms with E-state index in [1.807, 2.05) is 0 Å². The summed E-state index contributed by atoms with van der Waals surface area (Å²) in [4.78, 5) is 0. The molecule has 0 aliphatic heterocycles. The van der Waals surface area contributed by atoms with Gasteiger partial charge in [0, 0.05) is 0 Å². The Labute approximate surface area is 407 Å². The molecule has 0 spiro atoms.